The fraction of sp³-hybridized carbons (Fsp3) is 1.00. The highest BCUT2D eigenvalue weighted by Crippen LogP contribution is 2.48. The van der Waals surface area contributed by atoms with E-state index in [0.717, 1.165) is 24.3 Å². The third-order valence-corrected chi connectivity index (χ3v) is 4.80. The molecular formula is C16H32N2. The molecule has 0 spiro atoms. The Hall–Kier alpha value is -0.0800. The van der Waals surface area contributed by atoms with E-state index in [0.29, 0.717) is 0 Å². The Labute approximate surface area is 114 Å². The SMILES string of the molecule is CN(CCCNC(C)(C)C)CC1CC2CCC1C2. The maximum atomic E-state index is 3.57. The standard InChI is InChI=1S/C16H32N2/c1-16(2,3)17-8-5-9-18(4)12-15-11-13-6-7-14(15)10-13/h13-15,17H,5-12H2,1-4H3. The number of nitrogens with zero attached hydrogens (tertiary/aromatic N) is 1. The van der Waals surface area contributed by atoms with Crippen LogP contribution < -0.4 is 5.32 Å². The van der Waals surface area contributed by atoms with Crippen LogP contribution in [0.1, 0.15) is 52.9 Å². The van der Waals surface area contributed by atoms with Gasteiger partial charge in [0.05, 0.1) is 0 Å². The Morgan fingerprint density at radius 1 is 1.17 bits per heavy atom. The summed E-state index contributed by atoms with van der Waals surface area (Å²) in [7, 11) is 2.31. The molecule has 0 aromatic heterocycles. The molecule has 1 N–H and O–H groups in total. The predicted octanol–water partition coefficient (Wildman–Crippen LogP) is 3.13. The first-order chi connectivity index (χ1) is 8.44. The zero-order valence-electron chi connectivity index (χ0n) is 12.8. The minimum absolute atomic E-state index is 0.267. The average molecular weight is 252 g/mol. The highest BCUT2D eigenvalue weighted by Gasteiger charge is 2.39. The van der Waals surface area contributed by atoms with Crippen LogP contribution in [0, 0.1) is 17.8 Å². The van der Waals surface area contributed by atoms with Crippen molar-refractivity contribution in [3.63, 3.8) is 0 Å². The van der Waals surface area contributed by atoms with Crippen LogP contribution in [0.5, 0.6) is 0 Å². The molecule has 2 aliphatic rings. The van der Waals surface area contributed by atoms with E-state index < -0.39 is 0 Å². The van der Waals surface area contributed by atoms with Crippen molar-refractivity contribution in [1.29, 1.82) is 0 Å². The van der Waals surface area contributed by atoms with E-state index >= 15 is 0 Å². The van der Waals surface area contributed by atoms with Crippen LogP contribution in [0.25, 0.3) is 0 Å². The lowest BCUT2D eigenvalue weighted by atomic mass is 9.88. The van der Waals surface area contributed by atoms with E-state index in [1.165, 1.54) is 38.8 Å². The molecule has 2 fully saturated rings. The molecule has 0 aromatic carbocycles. The van der Waals surface area contributed by atoms with Gasteiger partial charge in [-0.05, 0) is 84.3 Å². The first-order valence-corrected chi connectivity index (χ1v) is 7.87. The molecule has 0 aromatic rings. The quantitative estimate of drug-likeness (QED) is 0.731. The average Bonchev–Trinajstić information content (AvgIpc) is 2.85. The molecule has 106 valence electrons. The Morgan fingerprint density at radius 2 is 1.94 bits per heavy atom. The molecule has 18 heavy (non-hydrogen) atoms. The van der Waals surface area contributed by atoms with Crippen LogP contribution in [0.3, 0.4) is 0 Å². The molecule has 2 rings (SSSR count). The van der Waals surface area contributed by atoms with Crippen LogP contribution in [0.2, 0.25) is 0 Å². The lowest BCUT2D eigenvalue weighted by Crippen LogP contribution is -2.38. The summed E-state index contributed by atoms with van der Waals surface area (Å²) in [6, 6.07) is 0. The summed E-state index contributed by atoms with van der Waals surface area (Å²) in [5.41, 5.74) is 0.267. The van der Waals surface area contributed by atoms with Gasteiger partial charge in [0.2, 0.25) is 0 Å². The fourth-order valence-electron chi connectivity index (χ4n) is 3.90. The molecule has 2 saturated carbocycles. The molecule has 2 nitrogen and oxygen atoms in total. The molecule has 0 aliphatic heterocycles. The van der Waals surface area contributed by atoms with Crippen LogP contribution in [0.4, 0.5) is 0 Å². The Kier molecular flexibility index (Phi) is 4.71. The number of fused-ring (bicyclic) bond motifs is 2. The van der Waals surface area contributed by atoms with Crippen LogP contribution in [0.15, 0.2) is 0 Å². The van der Waals surface area contributed by atoms with Gasteiger partial charge in [0.25, 0.3) is 0 Å². The van der Waals surface area contributed by atoms with Crippen molar-refractivity contribution in [1.82, 2.24) is 10.2 Å². The number of rotatable bonds is 6. The zero-order valence-corrected chi connectivity index (χ0v) is 12.8. The topological polar surface area (TPSA) is 15.3 Å². The molecule has 3 atom stereocenters. The van der Waals surface area contributed by atoms with E-state index in [4.69, 9.17) is 0 Å². The van der Waals surface area contributed by atoms with E-state index in [-0.39, 0.29) is 5.54 Å². The molecule has 0 heterocycles. The Balaban J connectivity index is 1.57. The molecule has 2 heteroatoms. The minimum Gasteiger partial charge on any atom is -0.312 e. The lowest BCUT2D eigenvalue weighted by molar-refractivity contribution is 0.216. The summed E-state index contributed by atoms with van der Waals surface area (Å²) in [4.78, 5) is 2.57. The van der Waals surface area contributed by atoms with Crippen molar-refractivity contribution in [2.24, 2.45) is 17.8 Å². The van der Waals surface area contributed by atoms with Crippen molar-refractivity contribution in [2.75, 3.05) is 26.7 Å². The second-order valence-corrected chi connectivity index (χ2v) is 7.73. The van der Waals surface area contributed by atoms with E-state index in [2.05, 4.69) is 38.0 Å². The first kappa shape index (κ1) is 14.3. The van der Waals surface area contributed by atoms with Gasteiger partial charge in [-0.25, -0.2) is 0 Å². The van der Waals surface area contributed by atoms with Gasteiger partial charge in [-0.2, -0.15) is 0 Å². The summed E-state index contributed by atoms with van der Waals surface area (Å²) in [6.45, 7) is 10.5. The summed E-state index contributed by atoms with van der Waals surface area (Å²) in [5, 5.41) is 3.57. The molecule has 0 saturated heterocycles. The molecule has 0 radical (unpaired) electrons. The van der Waals surface area contributed by atoms with Crippen molar-refractivity contribution >= 4 is 0 Å². The maximum Gasteiger partial charge on any atom is 0.00965 e. The highest BCUT2D eigenvalue weighted by atomic mass is 15.1. The number of nitrogens with one attached hydrogen (secondary N) is 1. The monoisotopic (exact) mass is 252 g/mol. The smallest absolute Gasteiger partial charge is 0.00965 e. The number of hydrogen-bond acceptors (Lipinski definition) is 2. The summed E-state index contributed by atoms with van der Waals surface area (Å²) >= 11 is 0. The van der Waals surface area contributed by atoms with Crippen LogP contribution in [-0.4, -0.2) is 37.1 Å². The first-order valence-electron chi connectivity index (χ1n) is 7.87. The van der Waals surface area contributed by atoms with Crippen molar-refractivity contribution in [3.05, 3.63) is 0 Å². The molecule has 2 bridgehead atoms. The van der Waals surface area contributed by atoms with Gasteiger partial charge in [0.15, 0.2) is 0 Å². The third kappa shape index (κ3) is 4.24. The van der Waals surface area contributed by atoms with Gasteiger partial charge < -0.3 is 10.2 Å². The Morgan fingerprint density at radius 3 is 2.50 bits per heavy atom. The van der Waals surface area contributed by atoms with E-state index in [9.17, 15) is 0 Å². The second kappa shape index (κ2) is 5.92. The van der Waals surface area contributed by atoms with Crippen molar-refractivity contribution in [2.45, 2.75) is 58.4 Å². The third-order valence-electron chi connectivity index (χ3n) is 4.80. The van der Waals surface area contributed by atoms with Crippen molar-refractivity contribution in [3.8, 4) is 0 Å². The normalized spacial score (nSPS) is 31.5. The predicted molar refractivity (Wildman–Crippen MR) is 78.8 cm³/mol. The Bertz CT molecular complexity index is 256. The van der Waals surface area contributed by atoms with E-state index in [1.807, 2.05) is 0 Å². The molecule has 3 unspecified atom stereocenters. The fourth-order valence-corrected chi connectivity index (χ4v) is 3.90. The highest BCUT2D eigenvalue weighted by molar-refractivity contribution is 4.90. The van der Waals surface area contributed by atoms with E-state index in [1.54, 1.807) is 6.42 Å². The largest absolute Gasteiger partial charge is 0.312 e. The van der Waals surface area contributed by atoms with Crippen LogP contribution in [-0.2, 0) is 0 Å². The molecule has 0 amide bonds. The van der Waals surface area contributed by atoms with Gasteiger partial charge in [0.1, 0.15) is 0 Å². The summed E-state index contributed by atoms with van der Waals surface area (Å²) in [6.07, 6.45) is 7.39. The summed E-state index contributed by atoms with van der Waals surface area (Å²) in [5.74, 6) is 3.19. The van der Waals surface area contributed by atoms with Gasteiger partial charge in [-0.3, -0.25) is 0 Å². The molecule has 2 aliphatic carbocycles. The van der Waals surface area contributed by atoms with Crippen molar-refractivity contribution < 1.29 is 0 Å². The van der Waals surface area contributed by atoms with Gasteiger partial charge in [0, 0.05) is 12.1 Å². The second-order valence-electron chi connectivity index (χ2n) is 7.73. The van der Waals surface area contributed by atoms with Gasteiger partial charge in [-0.15, -0.1) is 0 Å². The van der Waals surface area contributed by atoms with Crippen LogP contribution >= 0.6 is 0 Å². The van der Waals surface area contributed by atoms with Gasteiger partial charge in [-0.1, -0.05) is 6.42 Å². The minimum atomic E-state index is 0.267. The van der Waals surface area contributed by atoms with Gasteiger partial charge >= 0.3 is 0 Å². The molecular weight excluding hydrogens is 220 g/mol. The zero-order chi connectivity index (χ0) is 13.2. The lowest BCUT2D eigenvalue weighted by Gasteiger charge is -2.27. The maximum absolute atomic E-state index is 3.57. The summed E-state index contributed by atoms with van der Waals surface area (Å²) < 4.78 is 0. The number of hydrogen-bond donors (Lipinski definition) is 1.